The molecule has 0 aromatic rings. The van der Waals surface area contributed by atoms with Crippen LogP contribution in [0.1, 0.15) is 20.8 Å². The van der Waals surface area contributed by atoms with E-state index in [1.54, 1.807) is 0 Å². The largest absolute Gasteiger partial charge is 0.342 e. The summed E-state index contributed by atoms with van der Waals surface area (Å²) in [6.45, 7) is 8.32. The van der Waals surface area contributed by atoms with E-state index in [1.807, 2.05) is 18.7 Å². The second-order valence-corrected chi connectivity index (χ2v) is 4.58. The molecule has 0 N–H and O–H groups in total. The Bertz CT molecular complexity index is 200. The summed E-state index contributed by atoms with van der Waals surface area (Å²) in [5.41, 5.74) is 0. The van der Waals surface area contributed by atoms with Crippen LogP contribution in [-0.4, -0.2) is 23.9 Å². The van der Waals surface area contributed by atoms with Crippen LogP contribution in [0, 0.1) is 23.7 Å². The number of rotatable bonds is 1. The average molecular weight is 167 g/mol. The highest BCUT2D eigenvalue weighted by Crippen LogP contribution is 2.51. The Kier molecular flexibility index (Phi) is 1.67. The molecule has 68 valence electrons. The highest BCUT2D eigenvalue weighted by atomic mass is 16.2. The van der Waals surface area contributed by atoms with Gasteiger partial charge in [0.1, 0.15) is 0 Å². The molecule has 12 heavy (non-hydrogen) atoms. The van der Waals surface area contributed by atoms with Crippen LogP contribution in [0.4, 0.5) is 0 Å². The van der Waals surface area contributed by atoms with Gasteiger partial charge in [-0.1, -0.05) is 20.8 Å². The molecule has 1 saturated heterocycles. The standard InChI is InChI=1S/C10H17NO/c1-6(2)10(12)11-4-8-7(3)9(8)5-11/h6-9H,4-5H2,1-3H3/t7-,8-,9+. The zero-order chi connectivity index (χ0) is 8.88. The van der Waals surface area contributed by atoms with Crippen molar-refractivity contribution >= 4 is 5.91 Å². The van der Waals surface area contributed by atoms with Gasteiger partial charge in [-0.05, 0) is 17.8 Å². The maximum atomic E-state index is 11.5. The lowest BCUT2D eigenvalue weighted by molar-refractivity contribution is -0.134. The fraction of sp³-hybridized carbons (Fsp3) is 0.900. The molecule has 1 aliphatic carbocycles. The van der Waals surface area contributed by atoms with Gasteiger partial charge in [0.2, 0.25) is 5.91 Å². The first-order chi connectivity index (χ1) is 5.61. The topological polar surface area (TPSA) is 20.3 Å². The lowest BCUT2D eigenvalue weighted by Gasteiger charge is -2.20. The second-order valence-electron chi connectivity index (χ2n) is 4.58. The molecule has 1 saturated carbocycles. The zero-order valence-electron chi connectivity index (χ0n) is 8.08. The summed E-state index contributed by atoms with van der Waals surface area (Å²) in [7, 11) is 0. The van der Waals surface area contributed by atoms with E-state index >= 15 is 0 Å². The van der Waals surface area contributed by atoms with E-state index in [9.17, 15) is 4.79 Å². The average Bonchev–Trinajstić information content (AvgIpc) is 2.53. The summed E-state index contributed by atoms with van der Waals surface area (Å²) >= 11 is 0. The van der Waals surface area contributed by atoms with Crippen molar-refractivity contribution < 1.29 is 4.79 Å². The van der Waals surface area contributed by atoms with Crippen LogP contribution < -0.4 is 0 Å². The van der Waals surface area contributed by atoms with Crippen molar-refractivity contribution in [2.45, 2.75) is 20.8 Å². The molecular formula is C10H17NO. The molecule has 2 heteroatoms. The molecule has 0 radical (unpaired) electrons. The summed E-state index contributed by atoms with van der Waals surface area (Å²) in [6, 6.07) is 0. The van der Waals surface area contributed by atoms with E-state index < -0.39 is 0 Å². The van der Waals surface area contributed by atoms with Crippen molar-refractivity contribution in [1.29, 1.82) is 0 Å². The third-order valence-corrected chi connectivity index (χ3v) is 3.43. The summed E-state index contributed by atoms with van der Waals surface area (Å²) in [4.78, 5) is 13.6. The van der Waals surface area contributed by atoms with Crippen LogP contribution in [0.2, 0.25) is 0 Å². The molecule has 1 aliphatic heterocycles. The van der Waals surface area contributed by atoms with Crippen molar-refractivity contribution in [2.75, 3.05) is 13.1 Å². The summed E-state index contributed by atoms with van der Waals surface area (Å²) in [5, 5.41) is 0. The molecule has 0 spiro atoms. The Morgan fingerprint density at radius 3 is 2.25 bits per heavy atom. The monoisotopic (exact) mass is 167 g/mol. The van der Waals surface area contributed by atoms with E-state index in [0.29, 0.717) is 5.91 Å². The Hall–Kier alpha value is -0.530. The minimum atomic E-state index is 0.179. The van der Waals surface area contributed by atoms with Crippen molar-refractivity contribution in [3.8, 4) is 0 Å². The Labute approximate surface area is 73.9 Å². The number of piperidine rings is 1. The molecule has 2 nitrogen and oxygen atoms in total. The van der Waals surface area contributed by atoms with Crippen LogP contribution in [0.5, 0.6) is 0 Å². The van der Waals surface area contributed by atoms with Crippen LogP contribution in [0.25, 0.3) is 0 Å². The van der Waals surface area contributed by atoms with E-state index in [-0.39, 0.29) is 5.92 Å². The van der Waals surface area contributed by atoms with Crippen molar-refractivity contribution in [2.24, 2.45) is 23.7 Å². The minimum absolute atomic E-state index is 0.179. The highest BCUT2D eigenvalue weighted by Gasteiger charge is 2.53. The molecule has 2 aliphatic rings. The molecule has 0 aromatic heterocycles. The lowest BCUT2D eigenvalue weighted by atomic mass is 10.2. The molecule has 0 bridgehead atoms. The summed E-state index contributed by atoms with van der Waals surface area (Å²) < 4.78 is 0. The van der Waals surface area contributed by atoms with Gasteiger partial charge in [-0.25, -0.2) is 0 Å². The van der Waals surface area contributed by atoms with Gasteiger partial charge in [-0.2, -0.15) is 0 Å². The minimum Gasteiger partial charge on any atom is -0.342 e. The van der Waals surface area contributed by atoms with Crippen LogP contribution in [0.3, 0.4) is 0 Å². The van der Waals surface area contributed by atoms with Gasteiger partial charge >= 0.3 is 0 Å². The number of hydrogen-bond donors (Lipinski definition) is 0. The van der Waals surface area contributed by atoms with Crippen molar-refractivity contribution in [3.05, 3.63) is 0 Å². The van der Waals surface area contributed by atoms with Crippen molar-refractivity contribution in [3.63, 3.8) is 0 Å². The third-order valence-electron chi connectivity index (χ3n) is 3.43. The van der Waals surface area contributed by atoms with E-state index in [2.05, 4.69) is 6.92 Å². The molecule has 0 unspecified atom stereocenters. The highest BCUT2D eigenvalue weighted by molar-refractivity contribution is 5.78. The maximum absolute atomic E-state index is 11.5. The van der Waals surface area contributed by atoms with Gasteiger partial charge in [0.05, 0.1) is 0 Å². The van der Waals surface area contributed by atoms with Crippen molar-refractivity contribution in [1.82, 2.24) is 4.90 Å². The Morgan fingerprint density at radius 1 is 1.33 bits per heavy atom. The van der Waals surface area contributed by atoms with Gasteiger partial charge in [-0.15, -0.1) is 0 Å². The van der Waals surface area contributed by atoms with E-state index in [0.717, 1.165) is 30.8 Å². The number of likely N-dealkylation sites (tertiary alicyclic amines) is 1. The molecule has 1 amide bonds. The van der Waals surface area contributed by atoms with Gasteiger partial charge in [0, 0.05) is 19.0 Å². The molecule has 2 fully saturated rings. The summed E-state index contributed by atoms with van der Waals surface area (Å²) in [6.07, 6.45) is 0. The second kappa shape index (κ2) is 2.48. The molecule has 1 heterocycles. The fourth-order valence-corrected chi connectivity index (χ4v) is 2.37. The normalized spacial score (nSPS) is 38.7. The fourth-order valence-electron chi connectivity index (χ4n) is 2.37. The number of hydrogen-bond acceptors (Lipinski definition) is 1. The number of fused-ring (bicyclic) bond motifs is 1. The van der Waals surface area contributed by atoms with Gasteiger partial charge < -0.3 is 4.90 Å². The first kappa shape index (κ1) is 8.09. The van der Waals surface area contributed by atoms with E-state index in [1.165, 1.54) is 0 Å². The predicted molar refractivity (Wildman–Crippen MR) is 47.6 cm³/mol. The van der Waals surface area contributed by atoms with Gasteiger partial charge in [-0.3, -0.25) is 4.79 Å². The first-order valence-corrected chi connectivity index (χ1v) is 4.90. The molecule has 3 atom stereocenters. The zero-order valence-corrected chi connectivity index (χ0v) is 8.08. The summed E-state index contributed by atoms with van der Waals surface area (Å²) in [5.74, 6) is 3.09. The maximum Gasteiger partial charge on any atom is 0.225 e. The lowest BCUT2D eigenvalue weighted by Crippen LogP contribution is -2.34. The molecular weight excluding hydrogens is 150 g/mol. The smallest absolute Gasteiger partial charge is 0.225 e. The quantitative estimate of drug-likeness (QED) is 0.577. The van der Waals surface area contributed by atoms with E-state index in [4.69, 9.17) is 0 Å². The van der Waals surface area contributed by atoms with Gasteiger partial charge in [0.25, 0.3) is 0 Å². The SMILES string of the molecule is CC(C)C(=O)N1C[C@@H]2[C@@H](C)[C@@H]2C1. The number of carbonyl (C=O) groups is 1. The van der Waals surface area contributed by atoms with Crippen LogP contribution in [-0.2, 0) is 4.79 Å². The molecule has 2 rings (SSSR count). The predicted octanol–water partition coefficient (Wildman–Crippen LogP) is 1.37. The number of amides is 1. The van der Waals surface area contributed by atoms with Crippen LogP contribution >= 0.6 is 0 Å². The van der Waals surface area contributed by atoms with Crippen LogP contribution in [0.15, 0.2) is 0 Å². The molecule has 0 aromatic carbocycles. The third kappa shape index (κ3) is 1.05. The Morgan fingerprint density at radius 2 is 1.83 bits per heavy atom. The Balaban J connectivity index is 1.90. The van der Waals surface area contributed by atoms with Gasteiger partial charge in [0.15, 0.2) is 0 Å². The number of nitrogens with zero attached hydrogens (tertiary/aromatic N) is 1. The first-order valence-electron chi connectivity index (χ1n) is 4.90. The number of carbonyl (C=O) groups excluding carboxylic acids is 1.